The highest BCUT2D eigenvalue weighted by Crippen LogP contribution is 2.35. The minimum absolute atomic E-state index is 0.0502. The lowest BCUT2D eigenvalue weighted by molar-refractivity contribution is -0.142. The summed E-state index contributed by atoms with van der Waals surface area (Å²) in [6, 6.07) is 7.44. The van der Waals surface area contributed by atoms with Crippen molar-refractivity contribution in [3.05, 3.63) is 64.9 Å². The van der Waals surface area contributed by atoms with E-state index in [1.807, 2.05) is 0 Å². The number of nitrogens with one attached hydrogen (secondary N) is 2. The predicted octanol–water partition coefficient (Wildman–Crippen LogP) is 3.92. The largest absolute Gasteiger partial charge is 0.588 e. The number of aryl methyl sites for hydroxylation is 1. The number of anilines is 1. The molecule has 0 radical (unpaired) electrons. The molecule has 212 valence electrons. The Morgan fingerprint density at radius 1 is 1.20 bits per heavy atom. The summed E-state index contributed by atoms with van der Waals surface area (Å²) in [5.41, 5.74) is -2.37. The van der Waals surface area contributed by atoms with Crippen LogP contribution in [0.4, 0.5) is 23.2 Å². The SMILES string of the molecule is Cc1nc(F)ccc1Oc1nnc(C(F)(F)F)c(C)c1C(=O)Nc1cccc([S@@+]([O-])N(C)C(=O)[C@@H]2CCCN2)c1. The maximum atomic E-state index is 13.6. The summed E-state index contributed by atoms with van der Waals surface area (Å²) >= 11 is -1.92. The maximum absolute atomic E-state index is 13.6. The number of rotatable bonds is 7. The number of hydrogen-bond donors (Lipinski definition) is 2. The molecule has 0 saturated carbocycles. The van der Waals surface area contributed by atoms with E-state index < -0.39 is 58.1 Å². The van der Waals surface area contributed by atoms with Gasteiger partial charge in [-0.15, -0.1) is 10.2 Å². The molecule has 0 spiro atoms. The molecule has 0 aliphatic carbocycles. The van der Waals surface area contributed by atoms with Crippen molar-refractivity contribution in [2.45, 2.75) is 43.8 Å². The Bertz CT molecular complexity index is 1430. The molecule has 2 aromatic heterocycles. The average molecular weight is 581 g/mol. The molecule has 1 aliphatic rings. The van der Waals surface area contributed by atoms with Crippen LogP contribution in [0.2, 0.25) is 0 Å². The summed E-state index contributed by atoms with van der Waals surface area (Å²) in [6.07, 6.45) is -3.48. The van der Waals surface area contributed by atoms with Crippen LogP contribution >= 0.6 is 0 Å². The zero-order valence-corrected chi connectivity index (χ0v) is 22.3. The number of alkyl halides is 3. The minimum atomic E-state index is -4.92. The standard InChI is InChI=1S/C25H24F4N6O4S/c1-13-20(23(34-33-21(13)25(27,28)29)39-18-9-10-19(26)31-14(18)2)22(36)32-15-6-4-7-16(12-15)40(38)35(3)24(37)17-8-5-11-30-17/h4,6-7,9-10,12,17,30H,5,8,11H2,1-3H3,(H,32,36)/t17-,40+/m0/s1. The van der Waals surface area contributed by atoms with E-state index in [1.165, 1.54) is 44.3 Å². The fraction of sp³-hybridized carbons (Fsp3) is 0.320. The second kappa shape index (κ2) is 11.7. The predicted molar refractivity (Wildman–Crippen MR) is 135 cm³/mol. The van der Waals surface area contributed by atoms with Gasteiger partial charge in [-0.25, -0.2) is 4.98 Å². The van der Waals surface area contributed by atoms with Gasteiger partial charge in [0.15, 0.2) is 16.3 Å². The van der Waals surface area contributed by atoms with Gasteiger partial charge in [-0.3, -0.25) is 9.59 Å². The summed E-state index contributed by atoms with van der Waals surface area (Å²) in [7, 11) is 1.39. The molecule has 2 N–H and O–H groups in total. The lowest BCUT2D eigenvalue weighted by Gasteiger charge is -2.22. The van der Waals surface area contributed by atoms with E-state index in [0.717, 1.165) is 23.7 Å². The molecule has 3 aromatic rings. The number of aromatic nitrogens is 3. The van der Waals surface area contributed by atoms with Gasteiger partial charge in [0, 0.05) is 11.8 Å². The molecular formula is C25H24F4N6O4S. The maximum Gasteiger partial charge on any atom is 0.435 e. The second-order valence-electron chi connectivity index (χ2n) is 8.89. The van der Waals surface area contributed by atoms with E-state index in [2.05, 4.69) is 25.8 Å². The first-order valence-corrected chi connectivity index (χ1v) is 13.1. The van der Waals surface area contributed by atoms with E-state index in [4.69, 9.17) is 4.74 Å². The van der Waals surface area contributed by atoms with E-state index in [-0.39, 0.29) is 27.9 Å². The molecule has 0 unspecified atom stereocenters. The van der Waals surface area contributed by atoms with Gasteiger partial charge >= 0.3 is 6.18 Å². The third-order valence-electron chi connectivity index (χ3n) is 6.10. The Balaban J connectivity index is 1.63. The van der Waals surface area contributed by atoms with Crippen molar-refractivity contribution in [1.82, 2.24) is 24.8 Å². The zero-order valence-electron chi connectivity index (χ0n) is 21.5. The van der Waals surface area contributed by atoms with Gasteiger partial charge in [0.1, 0.15) is 16.9 Å². The monoisotopic (exact) mass is 580 g/mol. The van der Waals surface area contributed by atoms with Crippen molar-refractivity contribution < 1.29 is 36.4 Å². The van der Waals surface area contributed by atoms with E-state index in [0.29, 0.717) is 13.0 Å². The lowest BCUT2D eigenvalue weighted by atomic mass is 10.1. The second-order valence-corrected chi connectivity index (χ2v) is 10.4. The van der Waals surface area contributed by atoms with Gasteiger partial charge in [-0.1, -0.05) is 6.07 Å². The first-order valence-electron chi connectivity index (χ1n) is 12.0. The molecule has 1 aliphatic heterocycles. The molecule has 1 aromatic carbocycles. The fourth-order valence-electron chi connectivity index (χ4n) is 4.07. The minimum Gasteiger partial charge on any atom is -0.588 e. The normalized spacial score (nSPS) is 15.9. The van der Waals surface area contributed by atoms with Crippen LogP contribution in [-0.4, -0.2) is 55.5 Å². The number of amides is 2. The van der Waals surface area contributed by atoms with E-state index >= 15 is 0 Å². The molecule has 4 rings (SSSR count). The number of pyridine rings is 1. The number of ether oxygens (including phenoxy) is 1. The molecule has 3 heterocycles. The Labute approximate surface area is 229 Å². The third kappa shape index (κ3) is 6.32. The number of carbonyl (C=O) groups excluding carboxylic acids is 2. The van der Waals surface area contributed by atoms with Crippen LogP contribution in [0, 0.1) is 19.8 Å². The van der Waals surface area contributed by atoms with Crippen LogP contribution in [0.3, 0.4) is 0 Å². The van der Waals surface area contributed by atoms with Crippen LogP contribution in [0.1, 0.15) is 40.2 Å². The van der Waals surface area contributed by atoms with E-state index in [1.54, 1.807) is 0 Å². The van der Waals surface area contributed by atoms with Crippen LogP contribution in [0.5, 0.6) is 11.6 Å². The van der Waals surface area contributed by atoms with Crippen molar-refractivity contribution in [2.24, 2.45) is 0 Å². The van der Waals surface area contributed by atoms with Gasteiger partial charge in [-0.05, 0) is 63.1 Å². The quantitative estimate of drug-likeness (QED) is 0.244. The molecule has 0 bridgehead atoms. The highest BCUT2D eigenvalue weighted by Gasteiger charge is 2.38. The summed E-state index contributed by atoms with van der Waals surface area (Å²) in [5, 5.41) is 12.2. The van der Waals surface area contributed by atoms with Crippen molar-refractivity contribution >= 4 is 28.9 Å². The Morgan fingerprint density at radius 3 is 2.60 bits per heavy atom. The van der Waals surface area contributed by atoms with Crippen LogP contribution < -0.4 is 15.4 Å². The molecular weight excluding hydrogens is 556 g/mol. The molecule has 10 nitrogen and oxygen atoms in total. The van der Waals surface area contributed by atoms with Crippen molar-refractivity contribution in [2.75, 3.05) is 18.9 Å². The Morgan fingerprint density at radius 2 is 1.95 bits per heavy atom. The molecule has 2 amide bonds. The number of hydrogen-bond acceptors (Lipinski definition) is 8. The summed E-state index contributed by atoms with van der Waals surface area (Å²) in [4.78, 5) is 29.7. The smallest absolute Gasteiger partial charge is 0.435 e. The van der Waals surface area contributed by atoms with Gasteiger partial charge in [0.05, 0.1) is 18.8 Å². The van der Waals surface area contributed by atoms with Gasteiger partial charge in [0.2, 0.25) is 5.95 Å². The first-order chi connectivity index (χ1) is 18.9. The van der Waals surface area contributed by atoms with Crippen LogP contribution in [0.15, 0.2) is 41.3 Å². The lowest BCUT2D eigenvalue weighted by Crippen LogP contribution is -2.44. The Hall–Kier alpha value is -3.82. The molecule has 15 heteroatoms. The zero-order chi connectivity index (χ0) is 29.2. The summed E-state index contributed by atoms with van der Waals surface area (Å²) in [6.45, 7) is 3.12. The summed E-state index contributed by atoms with van der Waals surface area (Å²) < 4.78 is 73.8. The molecule has 40 heavy (non-hydrogen) atoms. The van der Waals surface area contributed by atoms with Crippen LogP contribution in [0.25, 0.3) is 0 Å². The van der Waals surface area contributed by atoms with Gasteiger partial charge in [0.25, 0.3) is 17.7 Å². The van der Waals surface area contributed by atoms with Crippen LogP contribution in [-0.2, 0) is 22.3 Å². The van der Waals surface area contributed by atoms with Crippen molar-refractivity contribution in [3.63, 3.8) is 0 Å². The van der Waals surface area contributed by atoms with Gasteiger partial charge in [-0.2, -0.15) is 21.9 Å². The van der Waals surface area contributed by atoms with Crippen molar-refractivity contribution in [1.29, 1.82) is 0 Å². The highest BCUT2D eigenvalue weighted by molar-refractivity contribution is 7.89. The number of halogens is 4. The number of carbonyl (C=O) groups is 2. The summed E-state index contributed by atoms with van der Waals surface area (Å²) in [5.74, 6) is -2.79. The number of nitrogens with zero attached hydrogens (tertiary/aromatic N) is 4. The topological polar surface area (TPSA) is 132 Å². The molecule has 2 atom stereocenters. The average Bonchev–Trinajstić information content (AvgIpc) is 3.43. The third-order valence-corrected chi connectivity index (χ3v) is 7.44. The Kier molecular flexibility index (Phi) is 8.56. The molecule has 1 saturated heterocycles. The first kappa shape index (κ1) is 29.2. The number of benzene rings is 1. The highest BCUT2D eigenvalue weighted by atomic mass is 32.2. The molecule has 1 fully saturated rings. The number of likely N-dealkylation sites (N-methyl/N-ethyl adjacent to an activating group) is 1. The van der Waals surface area contributed by atoms with Crippen molar-refractivity contribution in [3.8, 4) is 11.6 Å². The van der Waals surface area contributed by atoms with Gasteiger partial charge < -0.3 is 19.9 Å². The van der Waals surface area contributed by atoms with E-state index in [9.17, 15) is 31.7 Å². The fourth-order valence-corrected chi connectivity index (χ4v) is 5.10.